The zero-order valence-electron chi connectivity index (χ0n) is 16.3. The van der Waals surface area contributed by atoms with E-state index in [9.17, 15) is 9.59 Å². The molecule has 3 amide bonds. The molecule has 1 aromatic carbocycles. The number of rotatable bonds is 6. The number of hydrogen-bond donors (Lipinski definition) is 2. The Kier molecular flexibility index (Phi) is 7.69. The first-order valence-corrected chi connectivity index (χ1v) is 10.5. The van der Waals surface area contributed by atoms with E-state index in [2.05, 4.69) is 36.4 Å². The van der Waals surface area contributed by atoms with Gasteiger partial charge in [0.1, 0.15) is 6.54 Å². The van der Waals surface area contributed by atoms with Crippen LogP contribution in [0.25, 0.3) is 0 Å². The molecule has 2 N–H and O–H groups in total. The lowest BCUT2D eigenvalue weighted by atomic mass is 9.98. The Bertz CT molecular complexity index is 828. The molecule has 0 fully saturated rings. The van der Waals surface area contributed by atoms with Crippen LogP contribution < -0.4 is 10.6 Å². The molecule has 152 valence electrons. The Balaban J connectivity index is 1.92. The number of thiazole rings is 1. The first-order valence-electron chi connectivity index (χ1n) is 8.83. The zero-order chi connectivity index (χ0) is 20.9. The molecule has 0 aliphatic carbocycles. The minimum Gasteiger partial charge on any atom is -0.332 e. The summed E-state index contributed by atoms with van der Waals surface area (Å²) in [6.07, 6.45) is 0. The van der Waals surface area contributed by atoms with Gasteiger partial charge >= 0.3 is 6.03 Å². The summed E-state index contributed by atoms with van der Waals surface area (Å²) < 4.78 is 0. The van der Waals surface area contributed by atoms with Crippen LogP contribution in [0.15, 0.2) is 23.6 Å². The van der Waals surface area contributed by atoms with Crippen molar-refractivity contribution >= 4 is 52.2 Å². The fourth-order valence-electron chi connectivity index (χ4n) is 2.31. The van der Waals surface area contributed by atoms with Crippen molar-refractivity contribution in [2.45, 2.75) is 39.7 Å². The van der Waals surface area contributed by atoms with Crippen molar-refractivity contribution in [2.75, 3.05) is 18.4 Å². The average molecular weight is 443 g/mol. The second-order valence-electron chi connectivity index (χ2n) is 7.21. The summed E-state index contributed by atoms with van der Waals surface area (Å²) in [6, 6.07) is 4.61. The van der Waals surface area contributed by atoms with Crippen LogP contribution >= 0.6 is 34.5 Å². The lowest BCUT2D eigenvalue weighted by Crippen LogP contribution is -2.43. The number of carbonyl (C=O) groups excluding carboxylic acids is 2. The van der Waals surface area contributed by atoms with Crippen LogP contribution in [-0.2, 0) is 16.8 Å². The molecular weight excluding hydrogens is 419 g/mol. The number of nitrogens with zero attached hydrogens (tertiary/aromatic N) is 2. The second-order valence-corrected chi connectivity index (χ2v) is 8.88. The summed E-state index contributed by atoms with van der Waals surface area (Å²) in [6.45, 7) is 8.65. The molecule has 0 unspecified atom stereocenters. The minimum atomic E-state index is -0.379. The van der Waals surface area contributed by atoms with Crippen LogP contribution in [0.5, 0.6) is 0 Å². The molecule has 1 heterocycles. The van der Waals surface area contributed by atoms with Gasteiger partial charge in [0.2, 0.25) is 5.91 Å². The third kappa shape index (κ3) is 6.09. The lowest BCUT2D eigenvalue weighted by Gasteiger charge is -2.21. The van der Waals surface area contributed by atoms with Crippen molar-refractivity contribution in [1.29, 1.82) is 0 Å². The van der Waals surface area contributed by atoms with E-state index >= 15 is 0 Å². The van der Waals surface area contributed by atoms with Crippen LogP contribution in [0, 0.1) is 0 Å². The number of likely N-dealkylation sites (N-methyl/N-ethyl adjacent to an activating group) is 1. The first kappa shape index (κ1) is 22.5. The van der Waals surface area contributed by atoms with Gasteiger partial charge in [0.25, 0.3) is 0 Å². The van der Waals surface area contributed by atoms with E-state index in [4.69, 9.17) is 23.2 Å². The zero-order valence-corrected chi connectivity index (χ0v) is 18.6. The summed E-state index contributed by atoms with van der Waals surface area (Å²) in [5.41, 5.74) is 1.11. The topological polar surface area (TPSA) is 74.3 Å². The number of carbonyl (C=O) groups is 2. The number of amides is 3. The van der Waals surface area contributed by atoms with E-state index in [1.54, 1.807) is 36.5 Å². The van der Waals surface area contributed by atoms with Crippen LogP contribution in [0.4, 0.5) is 10.5 Å². The summed E-state index contributed by atoms with van der Waals surface area (Å²) in [5.74, 6) is -0.379. The molecule has 0 aliphatic heterocycles. The normalized spacial score (nSPS) is 11.2. The van der Waals surface area contributed by atoms with Gasteiger partial charge in [-0.1, -0.05) is 50.0 Å². The van der Waals surface area contributed by atoms with Gasteiger partial charge in [0.15, 0.2) is 0 Å². The van der Waals surface area contributed by atoms with E-state index in [1.165, 1.54) is 4.90 Å². The third-order valence-electron chi connectivity index (χ3n) is 3.84. The predicted octanol–water partition coefficient (Wildman–Crippen LogP) is 4.92. The fraction of sp³-hybridized carbons (Fsp3) is 0.421. The van der Waals surface area contributed by atoms with Crippen LogP contribution in [0.1, 0.15) is 38.4 Å². The van der Waals surface area contributed by atoms with Gasteiger partial charge in [-0.25, -0.2) is 9.78 Å². The monoisotopic (exact) mass is 442 g/mol. The molecule has 0 radical (unpaired) electrons. The van der Waals surface area contributed by atoms with Crippen molar-refractivity contribution in [3.8, 4) is 0 Å². The van der Waals surface area contributed by atoms with E-state index in [0.717, 1.165) is 10.7 Å². The van der Waals surface area contributed by atoms with Gasteiger partial charge in [-0.3, -0.25) is 4.79 Å². The Morgan fingerprint density at radius 2 is 1.86 bits per heavy atom. The van der Waals surface area contributed by atoms with Crippen LogP contribution in [0.2, 0.25) is 10.0 Å². The molecular formula is C19H24Cl2N4O2S. The number of aromatic nitrogens is 1. The van der Waals surface area contributed by atoms with Gasteiger partial charge in [0.05, 0.1) is 33.0 Å². The number of nitrogens with one attached hydrogen (secondary N) is 2. The number of anilines is 1. The highest BCUT2D eigenvalue weighted by molar-refractivity contribution is 7.09. The van der Waals surface area contributed by atoms with Crippen molar-refractivity contribution < 1.29 is 9.59 Å². The van der Waals surface area contributed by atoms with Gasteiger partial charge in [-0.05, 0) is 19.1 Å². The Morgan fingerprint density at radius 3 is 2.39 bits per heavy atom. The molecule has 0 saturated heterocycles. The van der Waals surface area contributed by atoms with Crippen molar-refractivity contribution in [3.63, 3.8) is 0 Å². The molecule has 2 rings (SSSR count). The Labute approximate surface area is 179 Å². The Morgan fingerprint density at radius 1 is 1.21 bits per heavy atom. The maximum Gasteiger partial charge on any atom is 0.318 e. The second kappa shape index (κ2) is 9.58. The highest BCUT2D eigenvalue weighted by Crippen LogP contribution is 2.29. The van der Waals surface area contributed by atoms with Gasteiger partial charge in [-0.2, -0.15) is 0 Å². The van der Waals surface area contributed by atoms with Gasteiger partial charge in [0, 0.05) is 17.3 Å². The van der Waals surface area contributed by atoms with Gasteiger partial charge < -0.3 is 15.5 Å². The number of para-hydroxylation sites is 1. The predicted molar refractivity (Wildman–Crippen MR) is 115 cm³/mol. The van der Waals surface area contributed by atoms with Crippen molar-refractivity contribution in [2.24, 2.45) is 0 Å². The third-order valence-corrected chi connectivity index (χ3v) is 5.79. The van der Waals surface area contributed by atoms with E-state index in [1.807, 2.05) is 5.38 Å². The smallest absolute Gasteiger partial charge is 0.318 e. The molecule has 1 aromatic heterocycles. The summed E-state index contributed by atoms with van der Waals surface area (Å²) in [5, 5.41) is 9.09. The van der Waals surface area contributed by atoms with Crippen LogP contribution in [0.3, 0.4) is 0 Å². The molecule has 0 atom stereocenters. The number of hydrogen-bond acceptors (Lipinski definition) is 4. The molecule has 9 heteroatoms. The SMILES string of the molecule is CCN(CC(=O)Nc1c(Cl)cccc1Cl)C(=O)NCc1csc(C(C)(C)C)n1. The molecule has 0 saturated carbocycles. The maximum atomic E-state index is 12.4. The van der Waals surface area contributed by atoms with E-state index in [-0.39, 0.29) is 23.9 Å². The minimum absolute atomic E-state index is 0.0273. The quantitative estimate of drug-likeness (QED) is 0.666. The molecule has 0 bridgehead atoms. The largest absolute Gasteiger partial charge is 0.332 e. The highest BCUT2D eigenvalue weighted by Gasteiger charge is 2.20. The summed E-state index contributed by atoms with van der Waals surface area (Å²) in [4.78, 5) is 30.7. The molecule has 0 spiro atoms. The van der Waals surface area contributed by atoms with E-state index < -0.39 is 0 Å². The fourth-order valence-corrected chi connectivity index (χ4v) is 3.71. The summed E-state index contributed by atoms with van der Waals surface area (Å²) >= 11 is 13.7. The number of halogens is 2. The number of urea groups is 1. The van der Waals surface area contributed by atoms with Crippen molar-refractivity contribution in [3.05, 3.63) is 44.3 Å². The number of benzene rings is 1. The van der Waals surface area contributed by atoms with Crippen molar-refractivity contribution in [1.82, 2.24) is 15.2 Å². The average Bonchev–Trinajstić information content (AvgIpc) is 3.10. The lowest BCUT2D eigenvalue weighted by molar-refractivity contribution is -0.116. The summed E-state index contributed by atoms with van der Waals surface area (Å²) in [7, 11) is 0. The van der Waals surface area contributed by atoms with Crippen LogP contribution in [-0.4, -0.2) is 34.9 Å². The maximum absolute atomic E-state index is 12.4. The molecule has 6 nitrogen and oxygen atoms in total. The Hall–Kier alpha value is -1.83. The molecule has 0 aliphatic rings. The van der Waals surface area contributed by atoms with Gasteiger partial charge in [-0.15, -0.1) is 11.3 Å². The standard InChI is InChI=1S/C19H24Cl2N4O2S/c1-5-25(10-15(26)24-16-13(20)7-6-8-14(16)21)18(27)22-9-12-11-28-17(23-12)19(2,3)4/h6-8,11H,5,9-10H2,1-4H3,(H,22,27)(H,24,26). The first-order chi connectivity index (χ1) is 13.1. The molecule has 28 heavy (non-hydrogen) atoms. The van der Waals surface area contributed by atoms with E-state index in [0.29, 0.717) is 28.8 Å². The highest BCUT2D eigenvalue weighted by atomic mass is 35.5. The molecule has 2 aromatic rings.